The second-order valence-corrected chi connectivity index (χ2v) is 4.80. The number of rotatable bonds is 4. The fraction of sp³-hybridized carbons (Fsp3) is 1.00. The van der Waals surface area contributed by atoms with Crippen molar-refractivity contribution in [3.05, 3.63) is 0 Å². The molecule has 0 saturated heterocycles. The molecule has 0 spiro atoms. The number of thioether (sulfide) groups is 1. The van der Waals surface area contributed by atoms with Gasteiger partial charge in [-0.1, -0.05) is 20.3 Å². The smallest absolute Gasteiger partial charge is 0.00390 e. The molecule has 0 aliphatic heterocycles. The van der Waals surface area contributed by atoms with Crippen LogP contribution in [0.25, 0.3) is 0 Å². The highest BCUT2D eigenvalue weighted by atomic mass is 32.2. The van der Waals surface area contributed by atoms with E-state index in [4.69, 9.17) is 0 Å². The van der Waals surface area contributed by atoms with E-state index in [1.807, 2.05) is 0 Å². The van der Waals surface area contributed by atoms with Gasteiger partial charge in [-0.2, -0.15) is 11.8 Å². The van der Waals surface area contributed by atoms with Crippen LogP contribution in [-0.4, -0.2) is 11.5 Å². The van der Waals surface area contributed by atoms with Gasteiger partial charge < -0.3 is 0 Å². The van der Waals surface area contributed by atoms with Crippen molar-refractivity contribution in [1.29, 1.82) is 0 Å². The summed E-state index contributed by atoms with van der Waals surface area (Å²) in [6, 6.07) is 0. The lowest BCUT2D eigenvalue weighted by atomic mass is 9.87. The second-order valence-electron chi connectivity index (χ2n) is 3.73. The van der Waals surface area contributed by atoms with Crippen molar-refractivity contribution in [2.24, 2.45) is 11.8 Å². The van der Waals surface area contributed by atoms with E-state index < -0.39 is 0 Å². The van der Waals surface area contributed by atoms with Gasteiger partial charge in [-0.05, 0) is 36.2 Å². The van der Waals surface area contributed by atoms with E-state index in [9.17, 15) is 0 Å². The van der Waals surface area contributed by atoms with Crippen LogP contribution in [0.15, 0.2) is 0 Å². The lowest BCUT2D eigenvalue weighted by Gasteiger charge is -2.24. The van der Waals surface area contributed by atoms with E-state index in [1.165, 1.54) is 30.8 Å². The van der Waals surface area contributed by atoms with Crippen LogP contribution in [0, 0.1) is 11.8 Å². The third-order valence-electron chi connectivity index (χ3n) is 2.03. The third-order valence-corrected chi connectivity index (χ3v) is 3.64. The highest BCUT2D eigenvalue weighted by molar-refractivity contribution is 7.99. The summed E-state index contributed by atoms with van der Waals surface area (Å²) in [5, 5.41) is 0. The zero-order valence-electron chi connectivity index (χ0n) is 7.10. The first-order valence-electron chi connectivity index (χ1n) is 4.37. The van der Waals surface area contributed by atoms with Gasteiger partial charge in [-0.15, -0.1) is 0 Å². The molecule has 1 saturated carbocycles. The van der Waals surface area contributed by atoms with Crippen LogP contribution in [0.1, 0.15) is 33.1 Å². The Morgan fingerprint density at radius 3 is 2.50 bits per heavy atom. The molecule has 0 aromatic rings. The topological polar surface area (TPSA) is 0 Å². The van der Waals surface area contributed by atoms with Crippen molar-refractivity contribution in [2.45, 2.75) is 33.1 Å². The summed E-state index contributed by atoms with van der Waals surface area (Å²) in [6.45, 7) is 4.60. The van der Waals surface area contributed by atoms with Crippen molar-refractivity contribution < 1.29 is 0 Å². The van der Waals surface area contributed by atoms with Crippen molar-refractivity contribution in [3.63, 3.8) is 0 Å². The van der Waals surface area contributed by atoms with Gasteiger partial charge in [0, 0.05) is 0 Å². The summed E-state index contributed by atoms with van der Waals surface area (Å²) < 4.78 is 0. The summed E-state index contributed by atoms with van der Waals surface area (Å²) >= 11 is 2.15. The van der Waals surface area contributed by atoms with Crippen molar-refractivity contribution in [3.8, 4) is 0 Å². The van der Waals surface area contributed by atoms with Gasteiger partial charge in [-0.3, -0.25) is 0 Å². The van der Waals surface area contributed by atoms with E-state index in [2.05, 4.69) is 25.6 Å². The Hall–Kier alpha value is 0.350. The third kappa shape index (κ3) is 2.96. The standard InChI is InChI=1S/C9H18S/c1-8(2)6-10-7-9-4-3-5-9/h8-9H,3-7H2,1-2H3. The van der Waals surface area contributed by atoms with E-state index >= 15 is 0 Å². The first-order chi connectivity index (χ1) is 4.79. The summed E-state index contributed by atoms with van der Waals surface area (Å²) in [4.78, 5) is 0. The lowest BCUT2D eigenvalue weighted by Crippen LogP contribution is -2.13. The molecule has 0 aromatic carbocycles. The summed E-state index contributed by atoms with van der Waals surface area (Å²) in [6.07, 6.45) is 4.50. The van der Waals surface area contributed by atoms with Gasteiger partial charge in [0.05, 0.1) is 0 Å². The molecule has 0 atom stereocenters. The van der Waals surface area contributed by atoms with Crippen LogP contribution in [0.3, 0.4) is 0 Å². The maximum absolute atomic E-state index is 2.30. The first kappa shape index (κ1) is 8.45. The Labute approximate surface area is 68.8 Å². The van der Waals surface area contributed by atoms with Crippen LogP contribution in [0.4, 0.5) is 0 Å². The van der Waals surface area contributed by atoms with E-state index in [-0.39, 0.29) is 0 Å². The normalized spacial score (nSPS) is 19.5. The minimum Gasteiger partial charge on any atom is -0.161 e. The lowest BCUT2D eigenvalue weighted by molar-refractivity contribution is 0.353. The molecule has 0 amide bonds. The van der Waals surface area contributed by atoms with Gasteiger partial charge >= 0.3 is 0 Å². The molecule has 1 rings (SSSR count). The zero-order chi connectivity index (χ0) is 7.40. The Morgan fingerprint density at radius 1 is 1.40 bits per heavy atom. The molecule has 0 heterocycles. The summed E-state index contributed by atoms with van der Waals surface area (Å²) in [5.74, 6) is 4.75. The van der Waals surface area contributed by atoms with Crippen LogP contribution in [0.2, 0.25) is 0 Å². The average Bonchev–Trinajstić information content (AvgIpc) is 1.75. The van der Waals surface area contributed by atoms with Crippen LogP contribution in [-0.2, 0) is 0 Å². The molecule has 0 nitrogen and oxygen atoms in total. The second kappa shape index (κ2) is 4.27. The highest BCUT2D eigenvalue weighted by Gasteiger charge is 2.16. The van der Waals surface area contributed by atoms with Crippen molar-refractivity contribution in [2.75, 3.05) is 11.5 Å². The molecule has 0 aromatic heterocycles. The predicted octanol–water partition coefficient (Wildman–Crippen LogP) is 3.18. The Balaban J connectivity index is 1.85. The quantitative estimate of drug-likeness (QED) is 0.605. The van der Waals surface area contributed by atoms with Gasteiger partial charge in [0.25, 0.3) is 0 Å². The van der Waals surface area contributed by atoms with Crippen molar-refractivity contribution in [1.82, 2.24) is 0 Å². The summed E-state index contributed by atoms with van der Waals surface area (Å²) in [7, 11) is 0. The first-order valence-corrected chi connectivity index (χ1v) is 5.52. The molecule has 10 heavy (non-hydrogen) atoms. The Bertz CT molecular complexity index is 84.7. The highest BCUT2D eigenvalue weighted by Crippen LogP contribution is 2.29. The molecular weight excluding hydrogens is 140 g/mol. The Morgan fingerprint density at radius 2 is 2.10 bits per heavy atom. The average molecular weight is 158 g/mol. The molecule has 0 bridgehead atoms. The van der Waals surface area contributed by atoms with Gasteiger partial charge in [-0.25, -0.2) is 0 Å². The van der Waals surface area contributed by atoms with Gasteiger partial charge in [0.2, 0.25) is 0 Å². The minimum atomic E-state index is 0.880. The van der Waals surface area contributed by atoms with Crippen molar-refractivity contribution >= 4 is 11.8 Å². The number of hydrogen-bond acceptors (Lipinski definition) is 1. The largest absolute Gasteiger partial charge is 0.161 e. The molecule has 0 N–H and O–H groups in total. The van der Waals surface area contributed by atoms with Crippen LogP contribution >= 0.6 is 11.8 Å². The maximum atomic E-state index is 2.30. The molecule has 0 radical (unpaired) electrons. The molecule has 1 fully saturated rings. The van der Waals surface area contributed by atoms with E-state index in [0.717, 1.165) is 11.8 Å². The fourth-order valence-electron chi connectivity index (χ4n) is 1.13. The Kier molecular flexibility index (Phi) is 3.61. The van der Waals surface area contributed by atoms with Crippen LogP contribution in [0.5, 0.6) is 0 Å². The summed E-state index contributed by atoms with van der Waals surface area (Å²) in [5.41, 5.74) is 0. The van der Waals surface area contributed by atoms with Crippen LogP contribution < -0.4 is 0 Å². The predicted molar refractivity (Wildman–Crippen MR) is 49.5 cm³/mol. The molecule has 0 unspecified atom stereocenters. The molecule has 1 aliphatic rings. The monoisotopic (exact) mass is 158 g/mol. The van der Waals surface area contributed by atoms with E-state index in [0.29, 0.717) is 0 Å². The van der Waals surface area contributed by atoms with Gasteiger partial charge in [0.15, 0.2) is 0 Å². The minimum absolute atomic E-state index is 0.880. The van der Waals surface area contributed by atoms with Gasteiger partial charge in [0.1, 0.15) is 0 Å². The maximum Gasteiger partial charge on any atom is -0.00390 e. The molecule has 60 valence electrons. The molecule has 1 aliphatic carbocycles. The zero-order valence-corrected chi connectivity index (χ0v) is 7.91. The molecular formula is C9H18S. The van der Waals surface area contributed by atoms with E-state index in [1.54, 1.807) is 0 Å². The fourth-order valence-corrected chi connectivity index (χ4v) is 2.40. The SMILES string of the molecule is CC(C)CSCC1CCC1. The number of hydrogen-bond donors (Lipinski definition) is 0. The molecule has 1 heteroatoms.